The fourth-order valence-electron chi connectivity index (χ4n) is 10.5. The van der Waals surface area contributed by atoms with Gasteiger partial charge in [0.25, 0.3) is 0 Å². The van der Waals surface area contributed by atoms with E-state index < -0.39 is 0 Å². The Labute approximate surface area is 346 Å². The van der Waals surface area contributed by atoms with Crippen LogP contribution in [0.5, 0.6) is 0 Å². The van der Waals surface area contributed by atoms with Gasteiger partial charge >= 0.3 is 0 Å². The molecule has 1 nitrogen and oxygen atoms in total. The highest BCUT2D eigenvalue weighted by Crippen LogP contribution is 2.64. The third-order valence-electron chi connectivity index (χ3n) is 13.0. The molecule has 10 aromatic carbocycles. The number of rotatable bonds is 4. The molecule has 2 aliphatic rings. The zero-order chi connectivity index (χ0) is 38.7. The summed E-state index contributed by atoms with van der Waals surface area (Å²) in [6, 6.07) is 79.2. The number of para-hydroxylation sites is 1. The third-order valence-corrected chi connectivity index (χ3v) is 14.2. The maximum atomic E-state index is 2.48. The summed E-state index contributed by atoms with van der Waals surface area (Å²) in [4.78, 5) is 2.39. The molecule has 0 atom stereocenters. The summed E-state index contributed by atoms with van der Waals surface area (Å²) in [7, 11) is 0. The number of nitrogens with zero attached hydrogens (tertiary/aromatic N) is 1. The van der Waals surface area contributed by atoms with E-state index in [1.807, 2.05) is 11.3 Å². The number of hydrogen-bond acceptors (Lipinski definition) is 2. The molecule has 0 unspecified atom stereocenters. The molecule has 0 saturated carbocycles. The van der Waals surface area contributed by atoms with Gasteiger partial charge in [0, 0.05) is 37.2 Å². The molecule has 13 rings (SSSR count). The van der Waals surface area contributed by atoms with Crippen molar-refractivity contribution < 1.29 is 0 Å². The first-order chi connectivity index (χ1) is 29.2. The molecule has 0 amide bonds. The molecular formula is C57H35NS. The molecule has 0 saturated heterocycles. The molecule has 0 bridgehead atoms. The van der Waals surface area contributed by atoms with Gasteiger partial charge in [0.15, 0.2) is 0 Å². The Kier molecular flexibility index (Phi) is 6.87. The Morgan fingerprint density at radius 3 is 1.69 bits per heavy atom. The fraction of sp³-hybridized carbons (Fsp3) is 0.0175. The second-order valence-corrected chi connectivity index (χ2v) is 17.1. The van der Waals surface area contributed by atoms with E-state index in [4.69, 9.17) is 0 Å². The van der Waals surface area contributed by atoms with Crippen LogP contribution in [-0.4, -0.2) is 0 Å². The summed E-state index contributed by atoms with van der Waals surface area (Å²) in [6.45, 7) is 0. The van der Waals surface area contributed by atoms with E-state index in [-0.39, 0.29) is 5.41 Å². The number of hydrogen-bond donors (Lipinski definition) is 0. The molecular weight excluding hydrogens is 731 g/mol. The van der Waals surface area contributed by atoms with Gasteiger partial charge in [-0.15, -0.1) is 11.3 Å². The molecule has 274 valence electrons. The van der Waals surface area contributed by atoms with Gasteiger partial charge in [0.05, 0.1) is 5.41 Å². The van der Waals surface area contributed by atoms with Crippen LogP contribution in [-0.2, 0) is 5.41 Å². The molecule has 2 heteroatoms. The highest BCUT2D eigenvalue weighted by atomic mass is 32.1. The SMILES string of the molecule is c1ccc(N(c2ccc3ccccc3c2)c2ccc3sc4ccc(-c5ccc6c(c5)-c5c(ccc7ccccc57)C65c6ccccc6-c6ccccc65)cc4c3c2)cc1. The predicted octanol–water partition coefficient (Wildman–Crippen LogP) is 15.8. The van der Waals surface area contributed by atoms with Gasteiger partial charge in [-0.05, 0) is 138 Å². The average Bonchev–Trinajstić information content (AvgIpc) is 3.93. The molecule has 1 spiro atoms. The quantitative estimate of drug-likeness (QED) is 0.172. The first kappa shape index (κ1) is 32.8. The van der Waals surface area contributed by atoms with E-state index >= 15 is 0 Å². The van der Waals surface area contributed by atoms with Crippen molar-refractivity contribution in [1.29, 1.82) is 0 Å². The molecule has 11 aromatic rings. The van der Waals surface area contributed by atoms with Crippen molar-refractivity contribution in [2.24, 2.45) is 0 Å². The fourth-order valence-corrected chi connectivity index (χ4v) is 11.6. The van der Waals surface area contributed by atoms with Crippen LogP contribution < -0.4 is 4.90 Å². The average molecular weight is 766 g/mol. The Morgan fingerprint density at radius 1 is 0.322 bits per heavy atom. The molecule has 0 fully saturated rings. The largest absolute Gasteiger partial charge is 0.310 e. The summed E-state index contributed by atoms with van der Waals surface area (Å²) < 4.78 is 2.59. The lowest BCUT2D eigenvalue weighted by atomic mass is 9.70. The van der Waals surface area contributed by atoms with Gasteiger partial charge in [-0.1, -0.05) is 152 Å². The van der Waals surface area contributed by atoms with Crippen molar-refractivity contribution in [3.05, 3.63) is 235 Å². The monoisotopic (exact) mass is 765 g/mol. The normalized spacial score (nSPS) is 13.2. The molecule has 1 aromatic heterocycles. The first-order valence-corrected chi connectivity index (χ1v) is 21.2. The Bertz CT molecular complexity index is 3470. The molecule has 0 radical (unpaired) electrons. The van der Waals surface area contributed by atoms with Crippen molar-refractivity contribution in [2.75, 3.05) is 4.90 Å². The highest BCUT2D eigenvalue weighted by molar-refractivity contribution is 7.25. The van der Waals surface area contributed by atoms with Gasteiger partial charge in [-0.3, -0.25) is 0 Å². The third kappa shape index (κ3) is 4.61. The number of benzene rings is 10. The maximum Gasteiger partial charge on any atom is 0.0725 e. The number of fused-ring (bicyclic) bond motifs is 16. The van der Waals surface area contributed by atoms with Crippen LogP contribution in [0.25, 0.3) is 75.1 Å². The smallest absolute Gasteiger partial charge is 0.0725 e. The predicted molar refractivity (Wildman–Crippen MR) is 251 cm³/mol. The lowest BCUT2D eigenvalue weighted by molar-refractivity contribution is 0.794. The van der Waals surface area contributed by atoms with Crippen LogP contribution in [0.3, 0.4) is 0 Å². The second kappa shape index (κ2) is 12.4. The topological polar surface area (TPSA) is 3.24 Å². The van der Waals surface area contributed by atoms with Gasteiger partial charge in [0.1, 0.15) is 0 Å². The highest BCUT2D eigenvalue weighted by Gasteiger charge is 2.52. The van der Waals surface area contributed by atoms with Crippen molar-refractivity contribution in [3.8, 4) is 33.4 Å². The summed E-state index contributed by atoms with van der Waals surface area (Å²) in [5, 5.41) is 7.62. The molecule has 0 aliphatic heterocycles. The van der Waals surface area contributed by atoms with Crippen LogP contribution in [0, 0.1) is 0 Å². The minimum atomic E-state index is -0.375. The van der Waals surface area contributed by atoms with Crippen molar-refractivity contribution in [1.82, 2.24) is 0 Å². The van der Waals surface area contributed by atoms with Gasteiger partial charge in [-0.2, -0.15) is 0 Å². The minimum absolute atomic E-state index is 0.375. The lowest BCUT2D eigenvalue weighted by Crippen LogP contribution is -2.25. The van der Waals surface area contributed by atoms with E-state index in [0.717, 1.165) is 17.1 Å². The molecule has 2 aliphatic carbocycles. The van der Waals surface area contributed by atoms with E-state index in [1.54, 1.807) is 0 Å². The van der Waals surface area contributed by atoms with Crippen LogP contribution in [0.4, 0.5) is 17.1 Å². The van der Waals surface area contributed by atoms with Crippen LogP contribution in [0.2, 0.25) is 0 Å². The summed E-state index contributed by atoms with van der Waals surface area (Å²) >= 11 is 1.87. The zero-order valence-corrected chi connectivity index (χ0v) is 32.9. The van der Waals surface area contributed by atoms with E-state index in [9.17, 15) is 0 Å². The van der Waals surface area contributed by atoms with E-state index in [1.165, 1.54) is 97.4 Å². The zero-order valence-electron chi connectivity index (χ0n) is 32.1. The lowest BCUT2D eigenvalue weighted by Gasteiger charge is -2.30. The van der Waals surface area contributed by atoms with E-state index in [0.29, 0.717) is 0 Å². The Morgan fingerprint density at radius 2 is 0.881 bits per heavy atom. The van der Waals surface area contributed by atoms with Crippen molar-refractivity contribution in [3.63, 3.8) is 0 Å². The molecule has 1 heterocycles. The van der Waals surface area contributed by atoms with Crippen molar-refractivity contribution in [2.45, 2.75) is 5.41 Å². The maximum absolute atomic E-state index is 2.48. The van der Waals surface area contributed by atoms with Crippen LogP contribution >= 0.6 is 11.3 Å². The van der Waals surface area contributed by atoms with Crippen LogP contribution in [0.15, 0.2) is 212 Å². The van der Waals surface area contributed by atoms with Gasteiger partial charge in [0.2, 0.25) is 0 Å². The van der Waals surface area contributed by atoms with Gasteiger partial charge in [-0.25, -0.2) is 0 Å². The summed E-state index contributed by atoms with van der Waals surface area (Å²) in [5.74, 6) is 0. The Balaban J connectivity index is 0.999. The molecule has 0 N–H and O–H groups in total. The van der Waals surface area contributed by atoms with Crippen LogP contribution in [0.1, 0.15) is 22.3 Å². The van der Waals surface area contributed by atoms with Gasteiger partial charge < -0.3 is 4.90 Å². The minimum Gasteiger partial charge on any atom is -0.310 e. The number of thiophene rings is 1. The Hall–Kier alpha value is -7.26. The summed E-state index contributed by atoms with van der Waals surface area (Å²) in [5.41, 5.74) is 16.4. The standard InChI is InChI=1S/C57H35NS/c1-2-15-41(16-3-1)58(42-26-22-36-12-4-5-14-38(36)32-42)43-27-31-55-48(35-43)47-33-40(25-30-54(47)59-55)39-24-28-52-49(34-39)56-44-17-7-6-13-37(44)23-29-53(56)57(52)50-20-10-8-18-45(50)46-19-9-11-21-51(46)57/h1-35H. The summed E-state index contributed by atoms with van der Waals surface area (Å²) in [6.07, 6.45) is 0. The number of anilines is 3. The molecule has 59 heavy (non-hydrogen) atoms. The second-order valence-electron chi connectivity index (χ2n) is 16.0. The first-order valence-electron chi connectivity index (χ1n) is 20.4. The van der Waals surface area contributed by atoms with E-state index in [2.05, 4.69) is 217 Å². The van der Waals surface area contributed by atoms with Crippen molar-refractivity contribution >= 4 is 70.1 Å².